The number of rotatable bonds is 24. The van der Waals surface area contributed by atoms with Crippen molar-refractivity contribution < 1.29 is 68.7 Å². The van der Waals surface area contributed by atoms with Gasteiger partial charge in [0.25, 0.3) is 0 Å². The van der Waals surface area contributed by atoms with Crippen molar-refractivity contribution in [3.05, 3.63) is 42.0 Å². The van der Waals surface area contributed by atoms with Crippen LogP contribution in [0.1, 0.15) is 160 Å². The molecule has 0 saturated heterocycles. The predicted octanol–water partition coefficient (Wildman–Crippen LogP) is 8.61. The molecule has 0 aromatic heterocycles. The third kappa shape index (κ3) is 15.6. The summed E-state index contributed by atoms with van der Waals surface area (Å²) in [4.78, 5) is -0.262. The van der Waals surface area contributed by atoms with Gasteiger partial charge in [0, 0.05) is 0 Å². The summed E-state index contributed by atoms with van der Waals surface area (Å²) in [6.45, 7) is 4.47. The second-order valence-corrected chi connectivity index (χ2v) is 13.3. The SMILES string of the molecule is CCCCCCCCCCCCCCCCC(CCCCCCC)C(F)c1cccc2c(S(=O)(=O)[O-])cccc12.[K+]. The Kier molecular flexibility index (Phi) is 22.5. The second-order valence-electron chi connectivity index (χ2n) is 11.9. The minimum absolute atomic E-state index is 0. The van der Waals surface area contributed by atoms with E-state index in [0.717, 1.165) is 38.5 Å². The molecule has 0 aliphatic rings. The summed E-state index contributed by atoms with van der Waals surface area (Å²) in [7, 11) is -4.62. The average Bonchev–Trinajstić information content (AvgIpc) is 2.94. The largest absolute Gasteiger partial charge is 1.00 e. The van der Waals surface area contributed by atoms with Gasteiger partial charge in [-0.15, -0.1) is 0 Å². The Morgan fingerprint density at radius 1 is 0.610 bits per heavy atom. The topological polar surface area (TPSA) is 57.2 Å². The van der Waals surface area contributed by atoms with Gasteiger partial charge in [-0.25, -0.2) is 12.8 Å². The van der Waals surface area contributed by atoms with E-state index in [-0.39, 0.29) is 62.2 Å². The van der Waals surface area contributed by atoms with Crippen LogP contribution < -0.4 is 51.4 Å². The summed E-state index contributed by atoms with van der Waals surface area (Å²) >= 11 is 0. The van der Waals surface area contributed by atoms with Gasteiger partial charge in [-0.2, -0.15) is 0 Å². The third-order valence-corrected chi connectivity index (χ3v) is 9.40. The van der Waals surface area contributed by atoms with Crippen molar-refractivity contribution in [3.8, 4) is 0 Å². The Morgan fingerprint density at radius 3 is 1.44 bits per heavy atom. The van der Waals surface area contributed by atoms with Gasteiger partial charge < -0.3 is 4.55 Å². The van der Waals surface area contributed by atoms with E-state index in [2.05, 4.69) is 13.8 Å². The van der Waals surface area contributed by atoms with Gasteiger partial charge in [-0.1, -0.05) is 166 Å². The van der Waals surface area contributed by atoms with Crippen LogP contribution in [0.2, 0.25) is 0 Å². The van der Waals surface area contributed by atoms with E-state index in [1.807, 2.05) is 0 Å². The first-order chi connectivity index (χ1) is 19.4. The van der Waals surface area contributed by atoms with Crippen LogP contribution in [0.3, 0.4) is 0 Å². The number of hydrogen-bond donors (Lipinski definition) is 0. The van der Waals surface area contributed by atoms with E-state index in [0.29, 0.717) is 16.3 Å². The van der Waals surface area contributed by atoms with Crippen molar-refractivity contribution in [2.75, 3.05) is 0 Å². The molecule has 2 aromatic carbocycles. The van der Waals surface area contributed by atoms with E-state index in [1.54, 1.807) is 30.3 Å². The molecule has 0 bridgehead atoms. The first-order valence-corrected chi connectivity index (χ1v) is 17.9. The van der Waals surface area contributed by atoms with Gasteiger partial charge in [0.15, 0.2) is 0 Å². The Bertz CT molecular complexity index is 1040. The normalized spacial score (nSPS) is 13.3. The van der Waals surface area contributed by atoms with Crippen LogP contribution in [0.4, 0.5) is 4.39 Å². The van der Waals surface area contributed by atoms with Crippen LogP contribution in [0.5, 0.6) is 0 Å². The van der Waals surface area contributed by atoms with Crippen LogP contribution in [0.25, 0.3) is 10.8 Å². The van der Waals surface area contributed by atoms with Crippen molar-refractivity contribution in [1.82, 2.24) is 0 Å². The molecule has 2 atom stereocenters. The zero-order chi connectivity index (χ0) is 29.1. The van der Waals surface area contributed by atoms with E-state index in [4.69, 9.17) is 0 Å². The first kappa shape index (κ1) is 39.2. The molecule has 0 fully saturated rings. The molecule has 2 unspecified atom stereocenters. The minimum Gasteiger partial charge on any atom is -0.744 e. The molecule has 41 heavy (non-hydrogen) atoms. The molecule has 0 N–H and O–H groups in total. The number of alkyl halides is 1. The summed E-state index contributed by atoms with van der Waals surface area (Å²) < 4.78 is 51.6. The van der Waals surface area contributed by atoms with Crippen molar-refractivity contribution in [3.63, 3.8) is 0 Å². The number of unbranched alkanes of at least 4 members (excludes halogenated alkanes) is 17. The molecule has 228 valence electrons. The van der Waals surface area contributed by atoms with E-state index in [1.165, 1.54) is 102 Å². The summed E-state index contributed by atoms with van der Waals surface area (Å²) in [5.41, 5.74) is 0.520. The fraction of sp³-hybridized carbons (Fsp3) is 0.714. The molecule has 0 amide bonds. The zero-order valence-corrected chi connectivity index (χ0v) is 30.4. The number of benzene rings is 2. The van der Waals surface area contributed by atoms with Crippen molar-refractivity contribution >= 4 is 20.9 Å². The van der Waals surface area contributed by atoms with Crippen molar-refractivity contribution in [2.24, 2.45) is 5.92 Å². The van der Waals surface area contributed by atoms with Gasteiger partial charge in [-0.3, -0.25) is 0 Å². The second kappa shape index (κ2) is 23.5. The maximum atomic E-state index is 16.2. The molecule has 6 heteroatoms. The van der Waals surface area contributed by atoms with E-state index < -0.39 is 16.3 Å². The monoisotopic (exact) mass is 614 g/mol. The maximum absolute atomic E-state index is 16.2. The van der Waals surface area contributed by atoms with Gasteiger partial charge >= 0.3 is 51.4 Å². The molecule has 0 radical (unpaired) electrons. The van der Waals surface area contributed by atoms with Crippen LogP contribution >= 0.6 is 0 Å². The minimum atomic E-state index is -4.62. The number of fused-ring (bicyclic) bond motifs is 1. The van der Waals surface area contributed by atoms with Gasteiger partial charge in [0.2, 0.25) is 0 Å². The zero-order valence-electron chi connectivity index (χ0n) is 26.5. The summed E-state index contributed by atoms with van der Waals surface area (Å²) in [6.07, 6.45) is 24.6. The maximum Gasteiger partial charge on any atom is 1.00 e. The fourth-order valence-electron chi connectivity index (χ4n) is 6.07. The molecule has 0 saturated carbocycles. The van der Waals surface area contributed by atoms with Crippen molar-refractivity contribution in [2.45, 2.75) is 160 Å². The van der Waals surface area contributed by atoms with Gasteiger partial charge in [-0.05, 0) is 41.2 Å². The quantitative estimate of drug-likeness (QED) is 0.0676. The molecule has 3 nitrogen and oxygen atoms in total. The molecule has 0 aliphatic carbocycles. The average molecular weight is 615 g/mol. The Labute approximate surface area is 294 Å². The number of hydrogen-bond acceptors (Lipinski definition) is 3. The standard InChI is InChI=1S/C35H57FO3S.K/c1-3-5-7-9-10-11-12-13-14-15-16-17-19-21-25-30(24-20-18-8-6-4-2)35(36)33-28-22-27-32-31(33)26-23-29-34(32)40(37,38)39;/h22-23,26-30,35H,3-21,24-25H2,1-2H3,(H,37,38,39);/q;+1/p-1. The Hall–Kier alpha value is 0.176. The van der Waals surface area contributed by atoms with Crippen molar-refractivity contribution in [1.29, 1.82) is 0 Å². The smallest absolute Gasteiger partial charge is 0.744 e. The predicted molar refractivity (Wildman–Crippen MR) is 168 cm³/mol. The van der Waals surface area contributed by atoms with E-state index in [9.17, 15) is 13.0 Å². The Balaban J connectivity index is 0.00000840. The molecule has 2 aromatic rings. The summed E-state index contributed by atoms with van der Waals surface area (Å²) in [6, 6.07) is 9.69. The molecule has 0 heterocycles. The summed E-state index contributed by atoms with van der Waals surface area (Å²) in [5, 5.41) is 0.875. The van der Waals surface area contributed by atoms with E-state index >= 15 is 4.39 Å². The molecule has 2 rings (SSSR count). The van der Waals surface area contributed by atoms with Crippen LogP contribution in [0, 0.1) is 5.92 Å². The number of halogens is 1. The van der Waals surface area contributed by atoms with Gasteiger partial charge in [0.1, 0.15) is 16.3 Å². The van der Waals surface area contributed by atoms with Crippen LogP contribution in [-0.2, 0) is 10.1 Å². The first-order valence-electron chi connectivity index (χ1n) is 16.5. The van der Waals surface area contributed by atoms with Gasteiger partial charge in [0.05, 0.1) is 4.90 Å². The third-order valence-electron chi connectivity index (χ3n) is 8.50. The summed E-state index contributed by atoms with van der Waals surface area (Å²) in [5.74, 6) is -0.0860. The molecular weight excluding hydrogens is 559 g/mol. The van der Waals surface area contributed by atoms with Crippen LogP contribution in [0.15, 0.2) is 41.3 Å². The van der Waals surface area contributed by atoms with Crippen LogP contribution in [-0.4, -0.2) is 13.0 Å². The molecule has 0 spiro atoms. The fourth-order valence-corrected chi connectivity index (χ4v) is 6.76. The molecular formula is C35H56FKO3S. The molecule has 0 aliphatic heterocycles. The Morgan fingerprint density at radius 2 is 1.00 bits per heavy atom.